The predicted octanol–water partition coefficient (Wildman–Crippen LogP) is -0.399. The Balaban J connectivity index is 1.64. The predicted molar refractivity (Wildman–Crippen MR) is 70.6 cm³/mol. The third-order valence-corrected chi connectivity index (χ3v) is 3.23. The minimum absolute atomic E-state index is 0.248. The number of aliphatic hydroxyl groups is 3. The molecule has 1 aliphatic heterocycles. The number of β-amino-alcohol motifs (C(OH)–C–C–N with tert-alkyl or cyclic N) is 3. The molecule has 3 atom stereocenters. The maximum Gasteiger partial charge on any atom is 0.0938 e. The molecule has 19 heavy (non-hydrogen) atoms. The minimum Gasteiger partial charge on any atom is -0.389 e. The fourth-order valence-corrected chi connectivity index (χ4v) is 2.23. The normalized spacial score (nSPS) is 25.6. The Morgan fingerprint density at radius 2 is 1.79 bits per heavy atom. The topological polar surface area (TPSA) is 73.2 Å². The van der Waals surface area contributed by atoms with E-state index in [2.05, 4.69) is 0 Å². The average molecular weight is 267 g/mol. The first-order valence-corrected chi connectivity index (χ1v) is 6.53. The molecule has 106 valence electrons. The molecule has 0 bridgehead atoms. The van der Waals surface area contributed by atoms with E-state index >= 15 is 0 Å². The van der Waals surface area contributed by atoms with Crippen molar-refractivity contribution >= 4 is 0 Å². The lowest BCUT2D eigenvalue weighted by Gasteiger charge is -2.19. The van der Waals surface area contributed by atoms with Gasteiger partial charge in [0.05, 0.1) is 31.5 Å². The Kier molecular flexibility index (Phi) is 5.30. The molecule has 5 heteroatoms. The first kappa shape index (κ1) is 14.4. The maximum atomic E-state index is 9.83. The molecule has 1 aromatic rings. The summed E-state index contributed by atoms with van der Waals surface area (Å²) in [6, 6.07) is 9.78. The maximum absolute atomic E-state index is 9.83. The minimum atomic E-state index is -0.711. The molecule has 0 aliphatic carbocycles. The number of hydrogen-bond donors (Lipinski definition) is 3. The number of likely N-dealkylation sites (tertiary alicyclic amines) is 1. The molecule has 1 saturated heterocycles. The molecule has 1 aromatic carbocycles. The van der Waals surface area contributed by atoms with Crippen LogP contribution in [0.5, 0.6) is 0 Å². The van der Waals surface area contributed by atoms with Crippen molar-refractivity contribution in [3.63, 3.8) is 0 Å². The van der Waals surface area contributed by atoms with E-state index < -0.39 is 18.3 Å². The molecule has 0 spiro atoms. The van der Waals surface area contributed by atoms with Gasteiger partial charge in [-0.15, -0.1) is 0 Å². The lowest BCUT2D eigenvalue weighted by molar-refractivity contribution is 0.0115. The zero-order valence-corrected chi connectivity index (χ0v) is 10.9. The van der Waals surface area contributed by atoms with Crippen molar-refractivity contribution in [2.75, 3.05) is 26.2 Å². The van der Waals surface area contributed by atoms with Crippen LogP contribution in [0, 0.1) is 0 Å². The van der Waals surface area contributed by atoms with Crippen molar-refractivity contribution in [2.24, 2.45) is 0 Å². The van der Waals surface area contributed by atoms with Gasteiger partial charge >= 0.3 is 0 Å². The number of hydrogen-bond acceptors (Lipinski definition) is 5. The van der Waals surface area contributed by atoms with Gasteiger partial charge in [-0.1, -0.05) is 30.3 Å². The summed E-state index contributed by atoms with van der Waals surface area (Å²) in [5.41, 5.74) is 1.07. The quantitative estimate of drug-likeness (QED) is 0.654. The van der Waals surface area contributed by atoms with E-state index in [0.717, 1.165) is 5.56 Å². The molecule has 5 nitrogen and oxygen atoms in total. The highest BCUT2D eigenvalue weighted by Gasteiger charge is 2.30. The summed E-state index contributed by atoms with van der Waals surface area (Å²) in [4.78, 5) is 1.84. The molecule has 0 amide bonds. The number of aliphatic hydroxyl groups excluding tert-OH is 3. The van der Waals surface area contributed by atoms with Crippen molar-refractivity contribution in [3.8, 4) is 0 Å². The van der Waals surface area contributed by atoms with Crippen LogP contribution >= 0.6 is 0 Å². The largest absolute Gasteiger partial charge is 0.389 e. The molecular weight excluding hydrogens is 246 g/mol. The molecule has 1 fully saturated rings. The van der Waals surface area contributed by atoms with Gasteiger partial charge in [0.2, 0.25) is 0 Å². The van der Waals surface area contributed by atoms with Crippen LogP contribution in [0.2, 0.25) is 0 Å². The molecule has 1 heterocycles. The van der Waals surface area contributed by atoms with Crippen molar-refractivity contribution in [3.05, 3.63) is 35.9 Å². The van der Waals surface area contributed by atoms with Crippen LogP contribution in [-0.4, -0.2) is 64.8 Å². The Morgan fingerprint density at radius 3 is 2.42 bits per heavy atom. The van der Waals surface area contributed by atoms with Gasteiger partial charge in [0.1, 0.15) is 0 Å². The Labute approximate surface area is 113 Å². The van der Waals surface area contributed by atoms with Gasteiger partial charge in [-0.3, -0.25) is 4.90 Å². The van der Waals surface area contributed by atoms with Crippen LogP contribution in [-0.2, 0) is 11.3 Å². The fourth-order valence-electron chi connectivity index (χ4n) is 2.23. The fraction of sp³-hybridized carbons (Fsp3) is 0.571. The van der Waals surface area contributed by atoms with Crippen LogP contribution in [0.15, 0.2) is 30.3 Å². The third kappa shape index (κ3) is 4.56. The van der Waals surface area contributed by atoms with E-state index in [1.165, 1.54) is 0 Å². The monoisotopic (exact) mass is 267 g/mol. The van der Waals surface area contributed by atoms with E-state index in [0.29, 0.717) is 26.2 Å². The number of nitrogens with zero attached hydrogens (tertiary/aromatic N) is 1. The summed E-state index contributed by atoms with van der Waals surface area (Å²) < 4.78 is 5.44. The van der Waals surface area contributed by atoms with Crippen molar-refractivity contribution < 1.29 is 20.1 Å². The van der Waals surface area contributed by atoms with Gasteiger partial charge in [-0.25, -0.2) is 0 Å². The summed E-state index contributed by atoms with van der Waals surface area (Å²) in [5.74, 6) is 0. The van der Waals surface area contributed by atoms with Crippen LogP contribution in [0.1, 0.15) is 5.56 Å². The van der Waals surface area contributed by atoms with E-state index in [9.17, 15) is 15.3 Å². The van der Waals surface area contributed by atoms with Gasteiger partial charge in [-0.05, 0) is 5.56 Å². The van der Waals surface area contributed by atoms with E-state index in [1.54, 1.807) is 0 Å². The standard InChI is InChI=1S/C14H21NO4/c16-12(6-15-7-13(17)14(18)8-15)10-19-9-11-4-2-1-3-5-11/h1-5,12-14,16-18H,6-10H2. The van der Waals surface area contributed by atoms with Crippen molar-refractivity contribution in [1.82, 2.24) is 4.90 Å². The van der Waals surface area contributed by atoms with Gasteiger partial charge < -0.3 is 20.1 Å². The summed E-state index contributed by atoms with van der Waals surface area (Å²) in [6.07, 6.45) is -2.03. The molecule has 0 aromatic heterocycles. The molecule has 1 aliphatic rings. The Bertz CT molecular complexity index is 363. The lowest BCUT2D eigenvalue weighted by Crippen LogP contribution is -2.34. The lowest BCUT2D eigenvalue weighted by atomic mass is 10.2. The second kappa shape index (κ2) is 6.98. The highest BCUT2D eigenvalue weighted by atomic mass is 16.5. The molecule has 3 N–H and O–H groups in total. The van der Waals surface area contributed by atoms with Gasteiger partial charge in [0.25, 0.3) is 0 Å². The van der Waals surface area contributed by atoms with E-state index in [4.69, 9.17) is 4.74 Å². The van der Waals surface area contributed by atoms with Gasteiger partial charge in [0, 0.05) is 19.6 Å². The SMILES string of the molecule is OC(COCc1ccccc1)CN1CC(O)C(O)C1. The van der Waals surface area contributed by atoms with E-state index in [1.807, 2.05) is 35.2 Å². The molecule has 2 rings (SSSR count). The number of ether oxygens (including phenoxy) is 1. The van der Waals surface area contributed by atoms with Crippen molar-refractivity contribution in [2.45, 2.75) is 24.9 Å². The first-order valence-electron chi connectivity index (χ1n) is 6.53. The summed E-state index contributed by atoms with van der Waals surface area (Å²) in [6.45, 7) is 1.93. The number of benzene rings is 1. The molecule has 0 radical (unpaired) electrons. The highest BCUT2D eigenvalue weighted by Crippen LogP contribution is 2.10. The molecule has 3 unspecified atom stereocenters. The van der Waals surface area contributed by atoms with Crippen LogP contribution in [0.25, 0.3) is 0 Å². The summed E-state index contributed by atoms with van der Waals surface area (Å²) >= 11 is 0. The molecular formula is C14H21NO4. The number of rotatable bonds is 6. The van der Waals surface area contributed by atoms with Crippen LogP contribution < -0.4 is 0 Å². The summed E-state index contributed by atoms with van der Waals surface area (Å²) in [7, 11) is 0. The van der Waals surface area contributed by atoms with Gasteiger partial charge in [-0.2, -0.15) is 0 Å². The second-order valence-electron chi connectivity index (χ2n) is 5.01. The molecule has 0 saturated carbocycles. The smallest absolute Gasteiger partial charge is 0.0938 e. The first-order chi connectivity index (χ1) is 9.15. The Hall–Kier alpha value is -0.980. The highest BCUT2D eigenvalue weighted by molar-refractivity contribution is 5.13. The van der Waals surface area contributed by atoms with Gasteiger partial charge in [0.15, 0.2) is 0 Å². The third-order valence-electron chi connectivity index (χ3n) is 3.23. The van der Waals surface area contributed by atoms with Crippen LogP contribution in [0.3, 0.4) is 0 Å². The van der Waals surface area contributed by atoms with Crippen LogP contribution in [0.4, 0.5) is 0 Å². The average Bonchev–Trinajstić information content (AvgIpc) is 2.69. The van der Waals surface area contributed by atoms with E-state index in [-0.39, 0.29) is 6.61 Å². The van der Waals surface area contributed by atoms with Crippen molar-refractivity contribution in [1.29, 1.82) is 0 Å². The zero-order chi connectivity index (χ0) is 13.7. The zero-order valence-electron chi connectivity index (χ0n) is 10.9. The second-order valence-corrected chi connectivity index (χ2v) is 5.01. The summed E-state index contributed by atoms with van der Waals surface area (Å²) in [5, 5.41) is 28.6. The Morgan fingerprint density at radius 1 is 1.16 bits per heavy atom.